The van der Waals surface area contributed by atoms with Gasteiger partial charge in [-0.05, 0) is 19.4 Å². The molecule has 6 heteroatoms. The Bertz CT molecular complexity index is 561. The lowest BCUT2D eigenvalue weighted by Crippen LogP contribution is -2.43. The Balaban J connectivity index is 2.06. The van der Waals surface area contributed by atoms with E-state index in [4.69, 9.17) is 11.6 Å². The van der Waals surface area contributed by atoms with E-state index in [1.807, 2.05) is 6.92 Å². The highest BCUT2D eigenvalue weighted by Gasteiger charge is 2.37. The van der Waals surface area contributed by atoms with Gasteiger partial charge < -0.3 is 5.32 Å². The van der Waals surface area contributed by atoms with Crippen molar-refractivity contribution in [3.63, 3.8) is 0 Å². The van der Waals surface area contributed by atoms with Gasteiger partial charge in [0.15, 0.2) is 9.84 Å². The first-order valence-corrected chi connectivity index (χ1v) is 7.90. The maximum Gasteiger partial charge on any atom is 0.152 e. The lowest BCUT2D eigenvalue weighted by Gasteiger charge is -2.24. The Kier molecular flexibility index (Phi) is 3.67. The molecule has 0 saturated carbocycles. The van der Waals surface area contributed by atoms with E-state index in [-0.39, 0.29) is 23.1 Å². The van der Waals surface area contributed by atoms with Crippen molar-refractivity contribution in [3.05, 3.63) is 34.6 Å². The van der Waals surface area contributed by atoms with E-state index in [1.165, 1.54) is 6.07 Å². The summed E-state index contributed by atoms with van der Waals surface area (Å²) in [6, 6.07) is 4.80. The van der Waals surface area contributed by atoms with Crippen LogP contribution in [-0.4, -0.2) is 25.5 Å². The zero-order valence-electron chi connectivity index (χ0n) is 10.0. The zero-order chi connectivity index (χ0) is 13.4. The second kappa shape index (κ2) is 4.79. The summed E-state index contributed by atoms with van der Waals surface area (Å²) in [4.78, 5) is 0. The van der Waals surface area contributed by atoms with E-state index in [0.29, 0.717) is 12.0 Å². The topological polar surface area (TPSA) is 46.2 Å². The highest BCUT2D eigenvalue weighted by Crippen LogP contribution is 2.24. The number of nitrogens with one attached hydrogen (secondary N) is 1. The second-order valence-corrected chi connectivity index (χ2v) is 7.56. The summed E-state index contributed by atoms with van der Waals surface area (Å²) in [7, 11) is -2.96. The summed E-state index contributed by atoms with van der Waals surface area (Å²) in [5.74, 6) is -0.160. The fraction of sp³-hybridized carbons (Fsp3) is 0.500. The van der Waals surface area contributed by atoms with Crippen LogP contribution < -0.4 is 5.32 Å². The quantitative estimate of drug-likeness (QED) is 0.928. The zero-order valence-corrected chi connectivity index (χ0v) is 11.6. The molecule has 1 N–H and O–H groups in total. The molecule has 1 saturated heterocycles. The third-order valence-corrected chi connectivity index (χ3v) is 5.44. The molecule has 1 aromatic rings. The van der Waals surface area contributed by atoms with Crippen LogP contribution in [0.25, 0.3) is 0 Å². The van der Waals surface area contributed by atoms with Crippen molar-refractivity contribution in [2.24, 2.45) is 0 Å². The Morgan fingerprint density at radius 2 is 2.22 bits per heavy atom. The van der Waals surface area contributed by atoms with Gasteiger partial charge in [0, 0.05) is 17.6 Å². The van der Waals surface area contributed by atoms with E-state index in [1.54, 1.807) is 12.1 Å². The number of benzene rings is 1. The molecule has 18 heavy (non-hydrogen) atoms. The average molecular weight is 292 g/mol. The van der Waals surface area contributed by atoms with Gasteiger partial charge in [-0.1, -0.05) is 23.7 Å². The van der Waals surface area contributed by atoms with Gasteiger partial charge in [-0.2, -0.15) is 0 Å². The molecule has 1 unspecified atom stereocenters. The Morgan fingerprint density at radius 3 is 2.83 bits per heavy atom. The predicted octanol–water partition coefficient (Wildman–Crippen LogP) is 2.15. The van der Waals surface area contributed by atoms with Gasteiger partial charge in [-0.15, -0.1) is 0 Å². The van der Waals surface area contributed by atoms with Crippen molar-refractivity contribution in [2.75, 3.05) is 11.5 Å². The van der Waals surface area contributed by atoms with Crippen LogP contribution in [0.4, 0.5) is 4.39 Å². The van der Waals surface area contributed by atoms with Gasteiger partial charge in [-0.3, -0.25) is 0 Å². The fourth-order valence-corrected chi connectivity index (χ4v) is 4.46. The molecule has 1 fully saturated rings. The molecule has 1 atom stereocenters. The minimum atomic E-state index is -2.96. The number of hydrogen-bond acceptors (Lipinski definition) is 3. The first-order chi connectivity index (χ1) is 8.31. The van der Waals surface area contributed by atoms with Gasteiger partial charge in [0.25, 0.3) is 0 Å². The SMILES string of the molecule is CC1(NCc2cccc(Cl)c2F)CCS(=O)(=O)C1. The number of rotatable bonds is 3. The fourth-order valence-electron chi connectivity index (χ4n) is 2.14. The van der Waals surface area contributed by atoms with Crippen molar-refractivity contribution in [3.8, 4) is 0 Å². The first-order valence-electron chi connectivity index (χ1n) is 5.70. The monoisotopic (exact) mass is 291 g/mol. The Morgan fingerprint density at radius 1 is 1.50 bits per heavy atom. The summed E-state index contributed by atoms with van der Waals surface area (Å²) in [6.07, 6.45) is 0.553. The summed E-state index contributed by atoms with van der Waals surface area (Å²) in [5.41, 5.74) is -0.0267. The molecule has 100 valence electrons. The number of sulfone groups is 1. The van der Waals surface area contributed by atoms with Crippen LogP contribution in [0.1, 0.15) is 18.9 Å². The van der Waals surface area contributed by atoms with Crippen LogP contribution in [0.2, 0.25) is 5.02 Å². The average Bonchev–Trinajstić information content (AvgIpc) is 2.56. The molecule has 1 aliphatic heterocycles. The largest absolute Gasteiger partial charge is 0.306 e. The van der Waals surface area contributed by atoms with E-state index in [2.05, 4.69) is 5.32 Å². The van der Waals surface area contributed by atoms with Crippen LogP contribution in [-0.2, 0) is 16.4 Å². The maximum atomic E-state index is 13.7. The van der Waals surface area contributed by atoms with Gasteiger partial charge in [0.05, 0.1) is 16.5 Å². The molecule has 0 bridgehead atoms. The smallest absolute Gasteiger partial charge is 0.152 e. The minimum absolute atomic E-state index is 0.0819. The maximum absolute atomic E-state index is 13.7. The van der Waals surface area contributed by atoms with Crippen molar-refractivity contribution in [2.45, 2.75) is 25.4 Å². The van der Waals surface area contributed by atoms with Crippen molar-refractivity contribution in [1.82, 2.24) is 5.32 Å². The molecular weight excluding hydrogens is 277 g/mol. The van der Waals surface area contributed by atoms with E-state index in [9.17, 15) is 12.8 Å². The Hall–Kier alpha value is -0.650. The van der Waals surface area contributed by atoms with Gasteiger partial charge >= 0.3 is 0 Å². The van der Waals surface area contributed by atoms with Crippen molar-refractivity contribution in [1.29, 1.82) is 0 Å². The molecule has 0 spiro atoms. The molecule has 3 nitrogen and oxygen atoms in total. The second-order valence-electron chi connectivity index (χ2n) is 4.97. The highest BCUT2D eigenvalue weighted by molar-refractivity contribution is 7.91. The molecule has 0 amide bonds. The van der Waals surface area contributed by atoms with Crippen LogP contribution >= 0.6 is 11.6 Å². The van der Waals surface area contributed by atoms with Gasteiger partial charge in [0.2, 0.25) is 0 Å². The highest BCUT2D eigenvalue weighted by atomic mass is 35.5. The van der Waals surface area contributed by atoms with Crippen molar-refractivity contribution < 1.29 is 12.8 Å². The minimum Gasteiger partial charge on any atom is -0.306 e. The van der Waals surface area contributed by atoms with Crippen molar-refractivity contribution >= 4 is 21.4 Å². The van der Waals surface area contributed by atoms with Gasteiger partial charge in [0.1, 0.15) is 5.82 Å². The van der Waals surface area contributed by atoms with E-state index < -0.39 is 21.2 Å². The van der Waals surface area contributed by atoms with Crippen LogP contribution in [0.15, 0.2) is 18.2 Å². The lowest BCUT2D eigenvalue weighted by molar-refractivity contribution is 0.391. The molecule has 0 radical (unpaired) electrons. The molecule has 0 aliphatic carbocycles. The number of hydrogen-bond donors (Lipinski definition) is 1. The van der Waals surface area contributed by atoms with Gasteiger partial charge in [-0.25, -0.2) is 12.8 Å². The molecule has 1 aliphatic rings. The third kappa shape index (κ3) is 3.02. The summed E-state index contributed by atoms with van der Waals surface area (Å²) < 4.78 is 36.5. The first kappa shape index (κ1) is 13.8. The Labute approximate surface area is 111 Å². The predicted molar refractivity (Wildman–Crippen MR) is 69.9 cm³/mol. The molecule has 2 rings (SSSR count). The standard InChI is InChI=1S/C12H15ClFNO2S/c1-12(5-6-18(16,17)8-12)15-7-9-3-2-4-10(13)11(9)14/h2-4,15H,5-8H2,1H3. The van der Waals surface area contributed by atoms with Crippen LogP contribution in [0.5, 0.6) is 0 Å². The molecular formula is C12H15ClFNO2S. The lowest BCUT2D eigenvalue weighted by atomic mass is 10.0. The number of halogens is 2. The molecule has 0 aromatic heterocycles. The van der Waals surface area contributed by atoms with E-state index in [0.717, 1.165) is 0 Å². The summed E-state index contributed by atoms with van der Waals surface area (Å²) >= 11 is 5.69. The van der Waals surface area contributed by atoms with Crippen LogP contribution in [0, 0.1) is 5.82 Å². The molecule has 1 aromatic carbocycles. The normalized spacial score (nSPS) is 26.4. The molecule has 1 heterocycles. The van der Waals surface area contributed by atoms with Crippen LogP contribution in [0.3, 0.4) is 0 Å². The summed E-state index contributed by atoms with van der Waals surface area (Å²) in [6.45, 7) is 2.12. The summed E-state index contributed by atoms with van der Waals surface area (Å²) in [5, 5.41) is 3.20. The van der Waals surface area contributed by atoms with E-state index >= 15 is 0 Å². The third-order valence-electron chi connectivity index (χ3n) is 3.24.